The molecule has 1 aliphatic rings. The zero-order valence-electron chi connectivity index (χ0n) is 12.9. The molecule has 5 heteroatoms. The van der Waals surface area contributed by atoms with Crippen molar-refractivity contribution < 1.29 is 17.6 Å². The second-order valence-corrected chi connectivity index (χ2v) is 5.78. The van der Waals surface area contributed by atoms with Crippen LogP contribution in [0.3, 0.4) is 0 Å². The summed E-state index contributed by atoms with van der Waals surface area (Å²) in [7, 11) is 0. The molecule has 0 saturated carbocycles. The number of benzene rings is 1. The van der Waals surface area contributed by atoms with Gasteiger partial charge in [0.1, 0.15) is 5.52 Å². The highest BCUT2D eigenvalue weighted by Crippen LogP contribution is 2.45. The molecule has 2 aromatic rings. The summed E-state index contributed by atoms with van der Waals surface area (Å²) in [6, 6.07) is 3.12. The molecule has 0 fully saturated rings. The minimum absolute atomic E-state index is 0.193. The number of hydrogen-bond donors (Lipinski definition) is 0. The van der Waals surface area contributed by atoms with Crippen molar-refractivity contribution in [2.75, 3.05) is 0 Å². The molecule has 2 nitrogen and oxygen atoms in total. The Morgan fingerprint density at radius 3 is 2.70 bits per heavy atom. The largest absolute Gasteiger partial charge is 0.443 e. The number of aromatic nitrogens is 1. The Morgan fingerprint density at radius 2 is 1.96 bits per heavy atom. The van der Waals surface area contributed by atoms with Crippen LogP contribution >= 0.6 is 0 Å². The van der Waals surface area contributed by atoms with Gasteiger partial charge in [0.15, 0.2) is 12.0 Å². The summed E-state index contributed by atoms with van der Waals surface area (Å²) in [4.78, 5) is 3.95. The van der Waals surface area contributed by atoms with E-state index < -0.39 is 11.7 Å². The molecule has 3 rings (SSSR count). The van der Waals surface area contributed by atoms with Gasteiger partial charge in [0, 0.05) is 0 Å². The van der Waals surface area contributed by atoms with Crippen molar-refractivity contribution in [2.24, 2.45) is 0 Å². The van der Waals surface area contributed by atoms with E-state index in [2.05, 4.69) is 11.9 Å². The molecule has 0 bridgehead atoms. The van der Waals surface area contributed by atoms with Gasteiger partial charge in [0.2, 0.25) is 0 Å². The SMILES string of the molecule is CCCCCCC=C1C=C(C(F)(F)F)c2cc3ncoc3cc21. The lowest BCUT2D eigenvalue weighted by atomic mass is 10.0. The number of halogens is 3. The summed E-state index contributed by atoms with van der Waals surface area (Å²) < 4.78 is 45.1. The van der Waals surface area contributed by atoms with Gasteiger partial charge in [0.25, 0.3) is 0 Å². The van der Waals surface area contributed by atoms with Crippen molar-refractivity contribution in [3.05, 3.63) is 41.8 Å². The molecular weight excluding hydrogens is 303 g/mol. The van der Waals surface area contributed by atoms with E-state index >= 15 is 0 Å². The van der Waals surface area contributed by atoms with Crippen LogP contribution in [0.25, 0.3) is 22.2 Å². The predicted octanol–water partition coefficient (Wildman–Crippen LogP) is 6.14. The Bertz CT molecular complexity index is 768. The molecule has 0 saturated heterocycles. The van der Waals surface area contributed by atoms with Crippen molar-refractivity contribution in [3.63, 3.8) is 0 Å². The monoisotopic (exact) mass is 321 g/mol. The summed E-state index contributed by atoms with van der Waals surface area (Å²) in [5.41, 5.74) is 1.76. The van der Waals surface area contributed by atoms with Crippen LogP contribution in [0.15, 0.2) is 35.1 Å². The van der Waals surface area contributed by atoms with Crippen LogP contribution in [0, 0.1) is 0 Å². The fourth-order valence-corrected chi connectivity index (χ4v) is 2.91. The summed E-state index contributed by atoms with van der Waals surface area (Å²) in [5, 5.41) is 0. The standard InChI is InChI=1S/C18H18F3NO/c1-2-3-4-5-6-7-12-8-15(18(19,20)21)14-9-16-17(10-13(12)14)23-11-22-16/h7-11H,2-6H2,1H3. The molecule has 1 aromatic carbocycles. The lowest BCUT2D eigenvalue weighted by Gasteiger charge is -2.09. The lowest BCUT2D eigenvalue weighted by Crippen LogP contribution is -2.09. The van der Waals surface area contributed by atoms with Gasteiger partial charge in [-0.1, -0.05) is 32.3 Å². The highest BCUT2D eigenvalue weighted by atomic mass is 19.4. The van der Waals surface area contributed by atoms with E-state index in [9.17, 15) is 13.2 Å². The van der Waals surface area contributed by atoms with E-state index in [1.807, 2.05) is 6.08 Å². The summed E-state index contributed by atoms with van der Waals surface area (Å²) in [6.45, 7) is 2.13. The second-order valence-electron chi connectivity index (χ2n) is 5.78. The second kappa shape index (κ2) is 6.22. The van der Waals surface area contributed by atoms with Crippen LogP contribution in [0.4, 0.5) is 13.2 Å². The molecule has 1 heterocycles. The third kappa shape index (κ3) is 3.19. The van der Waals surface area contributed by atoms with Gasteiger partial charge in [-0.05, 0) is 47.8 Å². The quantitative estimate of drug-likeness (QED) is 0.618. The van der Waals surface area contributed by atoms with Gasteiger partial charge in [0.05, 0.1) is 5.57 Å². The predicted molar refractivity (Wildman–Crippen MR) is 84.8 cm³/mol. The number of nitrogens with zero attached hydrogens (tertiary/aromatic N) is 1. The molecule has 0 N–H and O–H groups in total. The third-order valence-corrected chi connectivity index (χ3v) is 4.10. The van der Waals surface area contributed by atoms with Crippen LogP contribution in [0.2, 0.25) is 0 Å². The van der Waals surface area contributed by atoms with E-state index in [0.29, 0.717) is 22.2 Å². The van der Waals surface area contributed by atoms with Gasteiger partial charge in [-0.2, -0.15) is 13.2 Å². The molecular formula is C18H18F3NO. The van der Waals surface area contributed by atoms with Crippen molar-refractivity contribution >= 4 is 22.2 Å². The molecule has 0 radical (unpaired) electrons. The highest BCUT2D eigenvalue weighted by Gasteiger charge is 2.39. The van der Waals surface area contributed by atoms with Crippen molar-refractivity contribution in [1.29, 1.82) is 0 Å². The van der Waals surface area contributed by atoms with Gasteiger partial charge in [-0.15, -0.1) is 0 Å². The van der Waals surface area contributed by atoms with E-state index in [-0.39, 0.29) is 5.56 Å². The first-order chi connectivity index (χ1) is 11.0. The van der Waals surface area contributed by atoms with Crippen LogP contribution in [-0.2, 0) is 0 Å². The van der Waals surface area contributed by atoms with Gasteiger partial charge in [-0.25, -0.2) is 4.98 Å². The average molecular weight is 321 g/mol. The maximum absolute atomic E-state index is 13.3. The van der Waals surface area contributed by atoms with Crippen molar-refractivity contribution in [1.82, 2.24) is 4.98 Å². The number of unbranched alkanes of at least 4 members (excludes halogenated alkanes) is 4. The fraction of sp³-hybridized carbons (Fsp3) is 0.389. The zero-order chi connectivity index (χ0) is 16.4. The normalized spacial score (nSPS) is 16.2. The Morgan fingerprint density at radius 1 is 1.13 bits per heavy atom. The van der Waals surface area contributed by atoms with Crippen LogP contribution in [-0.4, -0.2) is 11.2 Å². The van der Waals surface area contributed by atoms with Gasteiger partial charge in [-0.3, -0.25) is 0 Å². The van der Waals surface area contributed by atoms with Gasteiger partial charge >= 0.3 is 6.18 Å². The molecule has 122 valence electrons. The van der Waals surface area contributed by atoms with Crippen LogP contribution < -0.4 is 0 Å². The van der Waals surface area contributed by atoms with E-state index in [4.69, 9.17) is 4.42 Å². The summed E-state index contributed by atoms with van der Waals surface area (Å²) in [5.74, 6) is 0. The number of alkyl halides is 3. The number of hydrogen-bond acceptors (Lipinski definition) is 2. The third-order valence-electron chi connectivity index (χ3n) is 4.10. The first-order valence-corrected chi connectivity index (χ1v) is 7.87. The highest BCUT2D eigenvalue weighted by molar-refractivity contribution is 6.00. The fourth-order valence-electron chi connectivity index (χ4n) is 2.91. The van der Waals surface area contributed by atoms with Crippen molar-refractivity contribution in [2.45, 2.75) is 45.2 Å². The van der Waals surface area contributed by atoms with Gasteiger partial charge < -0.3 is 4.42 Å². The number of oxazole rings is 1. The molecule has 0 amide bonds. The number of allylic oxidation sites excluding steroid dienone is 4. The Balaban J connectivity index is 1.95. The van der Waals surface area contributed by atoms with E-state index in [0.717, 1.165) is 32.1 Å². The molecule has 23 heavy (non-hydrogen) atoms. The minimum atomic E-state index is -4.37. The van der Waals surface area contributed by atoms with Crippen molar-refractivity contribution in [3.8, 4) is 0 Å². The molecule has 0 atom stereocenters. The molecule has 0 unspecified atom stereocenters. The molecule has 1 aliphatic carbocycles. The summed E-state index contributed by atoms with van der Waals surface area (Å²) >= 11 is 0. The first kappa shape index (κ1) is 15.8. The maximum atomic E-state index is 13.3. The van der Waals surface area contributed by atoms with E-state index in [1.54, 1.807) is 6.07 Å². The molecule has 1 aromatic heterocycles. The summed E-state index contributed by atoms with van der Waals surface area (Å²) in [6.07, 6.45) is 5.19. The lowest BCUT2D eigenvalue weighted by molar-refractivity contribution is -0.0687. The minimum Gasteiger partial charge on any atom is -0.443 e. The molecule has 0 spiro atoms. The average Bonchev–Trinajstić information content (AvgIpc) is 3.08. The van der Waals surface area contributed by atoms with Crippen LogP contribution in [0.5, 0.6) is 0 Å². The first-order valence-electron chi connectivity index (χ1n) is 7.87. The van der Waals surface area contributed by atoms with E-state index in [1.165, 1.54) is 18.5 Å². The Labute approximate surface area is 132 Å². The Kier molecular flexibility index (Phi) is 4.28. The zero-order valence-corrected chi connectivity index (χ0v) is 12.9. The number of rotatable bonds is 5. The smallest absolute Gasteiger partial charge is 0.417 e. The number of fused-ring (bicyclic) bond motifs is 2. The topological polar surface area (TPSA) is 26.0 Å². The Hall–Kier alpha value is -2.04. The maximum Gasteiger partial charge on any atom is 0.417 e. The van der Waals surface area contributed by atoms with Crippen LogP contribution in [0.1, 0.15) is 50.2 Å². The molecule has 0 aliphatic heterocycles.